The second kappa shape index (κ2) is 6.07. The van der Waals surface area contributed by atoms with Gasteiger partial charge in [-0.3, -0.25) is 10.2 Å². The number of hydrazine groups is 1. The van der Waals surface area contributed by atoms with Crippen molar-refractivity contribution in [3.05, 3.63) is 65.2 Å². The summed E-state index contributed by atoms with van der Waals surface area (Å²) in [5, 5.41) is 0. The number of sulfonamides is 1. The van der Waals surface area contributed by atoms with Crippen LogP contribution in [0.1, 0.15) is 21.5 Å². The molecule has 0 aliphatic rings. The van der Waals surface area contributed by atoms with Crippen molar-refractivity contribution in [3.8, 4) is 0 Å². The Kier molecular flexibility index (Phi) is 4.40. The van der Waals surface area contributed by atoms with Crippen LogP contribution in [0.3, 0.4) is 0 Å². The molecule has 6 heteroatoms. The molecule has 0 fully saturated rings. The van der Waals surface area contributed by atoms with E-state index in [2.05, 4.69) is 10.3 Å². The molecule has 0 aliphatic heterocycles. The van der Waals surface area contributed by atoms with Crippen LogP contribution in [-0.4, -0.2) is 14.3 Å². The van der Waals surface area contributed by atoms with E-state index in [-0.39, 0.29) is 4.90 Å². The Morgan fingerprint density at radius 3 is 2.29 bits per heavy atom. The number of benzene rings is 2. The van der Waals surface area contributed by atoms with Crippen molar-refractivity contribution >= 4 is 15.9 Å². The minimum atomic E-state index is -3.79. The second-order valence-electron chi connectivity index (χ2n) is 4.69. The molecule has 0 bridgehead atoms. The molecule has 2 N–H and O–H groups in total. The van der Waals surface area contributed by atoms with Crippen LogP contribution in [0.25, 0.3) is 0 Å². The van der Waals surface area contributed by atoms with Gasteiger partial charge in [0.1, 0.15) is 0 Å². The fourth-order valence-corrected chi connectivity index (χ4v) is 3.00. The zero-order chi connectivity index (χ0) is 15.5. The molecule has 0 spiro atoms. The lowest BCUT2D eigenvalue weighted by atomic mass is 10.2. The third-order valence-corrected chi connectivity index (χ3v) is 4.36. The van der Waals surface area contributed by atoms with Gasteiger partial charge < -0.3 is 0 Å². The molecule has 2 aromatic carbocycles. The van der Waals surface area contributed by atoms with Gasteiger partial charge in [0.2, 0.25) is 0 Å². The predicted octanol–water partition coefficient (Wildman–Crippen LogP) is 1.93. The van der Waals surface area contributed by atoms with Gasteiger partial charge in [-0.15, -0.1) is 4.83 Å². The molecule has 0 aromatic heterocycles. The summed E-state index contributed by atoms with van der Waals surface area (Å²) in [4.78, 5) is 14.1. The molecule has 0 heterocycles. The molecule has 0 unspecified atom stereocenters. The van der Waals surface area contributed by atoms with Crippen molar-refractivity contribution < 1.29 is 13.2 Å². The van der Waals surface area contributed by atoms with Crippen LogP contribution < -0.4 is 10.3 Å². The van der Waals surface area contributed by atoms with E-state index < -0.39 is 15.9 Å². The Morgan fingerprint density at radius 1 is 1.00 bits per heavy atom. The third-order valence-electron chi connectivity index (χ3n) is 2.95. The maximum Gasteiger partial charge on any atom is 0.266 e. The number of hydrogen-bond donors (Lipinski definition) is 2. The number of carbonyl (C=O) groups excluding carboxylic acids is 1. The van der Waals surface area contributed by atoms with Gasteiger partial charge in [0.05, 0.1) is 4.90 Å². The Balaban J connectivity index is 2.13. The molecule has 1 amide bonds. The summed E-state index contributed by atoms with van der Waals surface area (Å²) in [6.07, 6.45) is 0. The largest absolute Gasteiger partial charge is 0.273 e. The molecular formula is C15H16N2O3S. The monoisotopic (exact) mass is 304 g/mol. The van der Waals surface area contributed by atoms with Gasteiger partial charge in [0.15, 0.2) is 0 Å². The van der Waals surface area contributed by atoms with Crippen molar-refractivity contribution in [2.75, 3.05) is 0 Å². The number of amides is 1. The second-order valence-corrected chi connectivity index (χ2v) is 6.35. The van der Waals surface area contributed by atoms with Crippen LogP contribution >= 0.6 is 0 Å². The van der Waals surface area contributed by atoms with Gasteiger partial charge >= 0.3 is 0 Å². The maximum atomic E-state index is 12.2. The van der Waals surface area contributed by atoms with Crippen LogP contribution in [0.5, 0.6) is 0 Å². The summed E-state index contributed by atoms with van der Waals surface area (Å²) < 4.78 is 24.3. The predicted molar refractivity (Wildman–Crippen MR) is 80.1 cm³/mol. The summed E-state index contributed by atoms with van der Waals surface area (Å²) in [5.41, 5.74) is 4.17. The van der Waals surface area contributed by atoms with Crippen molar-refractivity contribution in [3.63, 3.8) is 0 Å². The zero-order valence-electron chi connectivity index (χ0n) is 11.8. The highest BCUT2D eigenvalue weighted by atomic mass is 32.2. The Bertz CT molecular complexity index is 756. The zero-order valence-corrected chi connectivity index (χ0v) is 12.6. The smallest absolute Gasteiger partial charge is 0.266 e. The highest BCUT2D eigenvalue weighted by Gasteiger charge is 2.17. The molecule has 0 radical (unpaired) electrons. The van der Waals surface area contributed by atoms with Crippen molar-refractivity contribution in [2.24, 2.45) is 0 Å². The summed E-state index contributed by atoms with van der Waals surface area (Å²) in [6, 6.07) is 13.4. The van der Waals surface area contributed by atoms with Gasteiger partial charge in [-0.1, -0.05) is 35.9 Å². The normalized spacial score (nSPS) is 11.1. The lowest BCUT2D eigenvalue weighted by Crippen LogP contribution is -2.41. The number of nitrogens with one attached hydrogen (secondary N) is 2. The Morgan fingerprint density at radius 2 is 1.67 bits per heavy atom. The van der Waals surface area contributed by atoms with Gasteiger partial charge in [0.25, 0.3) is 15.9 Å². The highest BCUT2D eigenvalue weighted by Crippen LogP contribution is 2.15. The summed E-state index contributed by atoms with van der Waals surface area (Å²) >= 11 is 0. The molecule has 2 rings (SSSR count). The standard InChI is InChI=1S/C15H16N2O3S/c1-11-8-9-14(12(2)10-11)21(19,20)17-16-15(18)13-6-4-3-5-7-13/h3-10,17H,1-2H3,(H,16,18). The molecule has 21 heavy (non-hydrogen) atoms. The van der Waals surface area contributed by atoms with E-state index in [0.29, 0.717) is 11.1 Å². The van der Waals surface area contributed by atoms with E-state index in [1.54, 1.807) is 49.4 Å². The quantitative estimate of drug-likeness (QED) is 0.848. The molecular weight excluding hydrogens is 288 g/mol. The van der Waals surface area contributed by atoms with Crippen LogP contribution in [0.2, 0.25) is 0 Å². The van der Waals surface area contributed by atoms with Crippen molar-refractivity contribution in [2.45, 2.75) is 18.7 Å². The van der Waals surface area contributed by atoms with E-state index in [4.69, 9.17) is 0 Å². The van der Waals surface area contributed by atoms with E-state index in [1.165, 1.54) is 6.07 Å². The minimum Gasteiger partial charge on any atom is -0.273 e. The first kappa shape index (κ1) is 15.2. The first-order valence-corrected chi connectivity index (χ1v) is 7.83. The van der Waals surface area contributed by atoms with E-state index in [9.17, 15) is 13.2 Å². The molecule has 5 nitrogen and oxygen atoms in total. The fourth-order valence-electron chi connectivity index (χ4n) is 1.93. The summed E-state index contributed by atoms with van der Waals surface area (Å²) in [7, 11) is -3.79. The topological polar surface area (TPSA) is 75.3 Å². The molecule has 0 atom stereocenters. The van der Waals surface area contributed by atoms with Crippen molar-refractivity contribution in [1.82, 2.24) is 10.3 Å². The van der Waals surface area contributed by atoms with E-state index in [1.807, 2.05) is 6.92 Å². The van der Waals surface area contributed by atoms with Crippen LogP contribution in [0.15, 0.2) is 53.4 Å². The summed E-state index contributed by atoms with van der Waals surface area (Å²) in [5.74, 6) is -0.510. The van der Waals surface area contributed by atoms with Crippen molar-refractivity contribution in [1.29, 1.82) is 0 Å². The average Bonchev–Trinajstić information content (AvgIpc) is 2.45. The minimum absolute atomic E-state index is 0.140. The molecule has 2 aromatic rings. The van der Waals surface area contributed by atoms with E-state index >= 15 is 0 Å². The molecule has 110 valence electrons. The Labute approximate surface area is 124 Å². The first-order valence-electron chi connectivity index (χ1n) is 6.34. The van der Waals surface area contributed by atoms with Gasteiger partial charge in [-0.05, 0) is 37.6 Å². The SMILES string of the molecule is Cc1ccc(S(=O)(=O)NNC(=O)c2ccccc2)c(C)c1. The lowest BCUT2D eigenvalue weighted by molar-refractivity contribution is 0.0945. The maximum absolute atomic E-state index is 12.2. The van der Waals surface area contributed by atoms with Crippen LogP contribution in [0, 0.1) is 13.8 Å². The first-order chi connectivity index (χ1) is 9.90. The number of rotatable bonds is 4. The van der Waals surface area contributed by atoms with Gasteiger partial charge in [-0.25, -0.2) is 8.42 Å². The third kappa shape index (κ3) is 3.68. The molecule has 0 saturated heterocycles. The van der Waals surface area contributed by atoms with Crippen LogP contribution in [-0.2, 0) is 10.0 Å². The van der Waals surface area contributed by atoms with E-state index in [0.717, 1.165) is 5.56 Å². The number of hydrogen-bond acceptors (Lipinski definition) is 3. The molecule has 0 aliphatic carbocycles. The van der Waals surface area contributed by atoms with Crippen LogP contribution in [0.4, 0.5) is 0 Å². The summed E-state index contributed by atoms with van der Waals surface area (Å²) in [6.45, 7) is 3.59. The van der Waals surface area contributed by atoms with Gasteiger partial charge in [0, 0.05) is 5.56 Å². The number of carbonyl (C=O) groups is 1. The average molecular weight is 304 g/mol. The lowest BCUT2D eigenvalue weighted by Gasteiger charge is -2.11. The highest BCUT2D eigenvalue weighted by molar-refractivity contribution is 7.89. The fraction of sp³-hybridized carbons (Fsp3) is 0.133. The van der Waals surface area contributed by atoms with Gasteiger partial charge in [-0.2, -0.15) is 0 Å². The number of aryl methyl sites for hydroxylation is 2. The Hall–Kier alpha value is -2.18. The molecule has 0 saturated carbocycles.